The molecule has 1 aromatic carbocycles. The summed E-state index contributed by atoms with van der Waals surface area (Å²) in [6.07, 6.45) is 4.33. The van der Waals surface area contributed by atoms with E-state index in [-0.39, 0.29) is 16.5 Å². The van der Waals surface area contributed by atoms with E-state index in [1.54, 1.807) is 24.4 Å². The number of nitrogens with zero attached hydrogens (tertiary/aromatic N) is 3. The first kappa shape index (κ1) is 15.5. The van der Waals surface area contributed by atoms with Crippen molar-refractivity contribution in [3.05, 3.63) is 54.9 Å². The molecule has 0 saturated heterocycles. The summed E-state index contributed by atoms with van der Waals surface area (Å²) in [7, 11) is -3.50. The minimum absolute atomic E-state index is 0.164. The first-order valence-corrected chi connectivity index (χ1v) is 8.97. The lowest BCUT2D eigenvalue weighted by molar-refractivity contribution is 0.508. The fourth-order valence-electron chi connectivity index (χ4n) is 1.79. The molecule has 0 spiro atoms. The van der Waals surface area contributed by atoms with Gasteiger partial charge < -0.3 is 10.2 Å². The van der Waals surface area contributed by atoms with Crippen LogP contribution in [0.2, 0.25) is 0 Å². The molecule has 0 saturated carbocycles. The molecule has 2 N–H and O–H groups in total. The summed E-state index contributed by atoms with van der Waals surface area (Å²) in [5, 5.41) is 0.500. The molecular weight excluding hydrogens is 336 g/mol. The summed E-state index contributed by atoms with van der Waals surface area (Å²) in [6.45, 7) is 0. The number of rotatable bonds is 5. The molecule has 0 amide bonds. The Labute approximate surface area is 136 Å². The molecule has 118 valence electrons. The monoisotopic (exact) mass is 348 g/mol. The van der Waals surface area contributed by atoms with Gasteiger partial charge in [0.25, 0.3) is 0 Å². The van der Waals surface area contributed by atoms with Crippen molar-refractivity contribution in [2.24, 2.45) is 0 Å². The van der Waals surface area contributed by atoms with E-state index in [1.165, 1.54) is 36.4 Å². The van der Waals surface area contributed by atoms with Crippen LogP contribution < -0.4 is 5.73 Å². The van der Waals surface area contributed by atoms with Gasteiger partial charge >= 0.3 is 0 Å². The molecule has 3 rings (SSSR count). The lowest BCUT2D eigenvalue weighted by Crippen LogP contribution is -2.05. The zero-order valence-corrected chi connectivity index (χ0v) is 13.4. The van der Waals surface area contributed by atoms with Crippen LogP contribution in [0.1, 0.15) is 5.89 Å². The molecule has 3 aromatic rings. The molecule has 23 heavy (non-hydrogen) atoms. The van der Waals surface area contributed by atoms with Crippen LogP contribution in [0, 0.1) is 0 Å². The number of oxazole rings is 1. The Balaban J connectivity index is 1.76. The van der Waals surface area contributed by atoms with Gasteiger partial charge in [-0.25, -0.2) is 23.4 Å². The zero-order valence-electron chi connectivity index (χ0n) is 11.8. The molecule has 7 nitrogen and oxygen atoms in total. The molecule has 2 heterocycles. The summed E-state index contributed by atoms with van der Waals surface area (Å²) < 4.78 is 29.5. The molecule has 0 aliphatic heterocycles. The summed E-state index contributed by atoms with van der Waals surface area (Å²) in [5.41, 5.74) is 5.60. The minimum Gasteiger partial charge on any atom is -0.448 e. The van der Waals surface area contributed by atoms with Gasteiger partial charge in [-0.1, -0.05) is 0 Å². The van der Waals surface area contributed by atoms with Gasteiger partial charge in [-0.2, -0.15) is 0 Å². The van der Waals surface area contributed by atoms with Crippen LogP contribution in [0.5, 0.6) is 0 Å². The van der Waals surface area contributed by atoms with Gasteiger partial charge in [0.2, 0.25) is 5.89 Å². The van der Waals surface area contributed by atoms with Gasteiger partial charge in [-0.05, 0) is 42.1 Å². The second-order valence-electron chi connectivity index (χ2n) is 4.52. The third-order valence-electron chi connectivity index (χ3n) is 2.84. The van der Waals surface area contributed by atoms with E-state index in [9.17, 15) is 8.42 Å². The highest BCUT2D eigenvalue weighted by molar-refractivity contribution is 7.99. The summed E-state index contributed by atoms with van der Waals surface area (Å²) >= 11 is 1.30. The molecule has 0 aliphatic rings. The zero-order chi connectivity index (χ0) is 16.3. The van der Waals surface area contributed by atoms with Crippen molar-refractivity contribution in [3.63, 3.8) is 0 Å². The van der Waals surface area contributed by atoms with Crippen LogP contribution >= 0.6 is 11.8 Å². The number of benzene rings is 1. The third kappa shape index (κ3) is 3.88. The van der Waals surface area contributed by atoms with Gasteiger partial charge in [0.05, 0.1) is 11.1 Å². The fraction of sp³-hybridized carbons (Fsp3) is 0.0714. The lowest BCUT2D eigenvalue weighted by Gasteiger charge is -2.04. The lowest BCUT2D eigenvalue weighted by atomic mass is 10.4. The van der Waals surface area contributed by atoms with E-state index in [4.69, 9.17) is 10.2 Å². The second-order valence-corrected chi connectivity index (χ2v) is 7.55. The van der Waals surface area contributed by atoms with Gasteiger partial charge in [0.1, 0.15) is 17.8 Å². The van der Waals surface area contributed by atoms with Crippen LogP contribution in [-0.4, -0.2) is 23.4 Å². The first-order valence-electron chi connectivity index (χ1n) is 6.50. The molecule has 2 aromatic heterocycles. The molecule has 0 bridgehead atoms. The Kier molecular flexibility index (Phi) is 4.30. The van der Waals surface area contributed by atoms with Gasteiger partial charge in [-0.15, -0.1) is 0 Å². The number of nitrogen functional groups attached to an aromatic ring is 1. The third-order valence-corrected chi connectivity index (χ3v) is 5.35. The SMILES string of the molecule is Nc1ccnc(Sc2ccc(S(=O)(=O)Cc3ncco3)cc2)n1. The largest absolute Gasteiger partial charge is 0.448 e. The van der Waals surface area contributed by atoms with E-state index < -0.39 is 9.84 Å². The standard InChI is InChI=1S/C14H12N4O3S2/c15-12-5-6-17-14(18-12)22-10-1-3-11(4-2-10)23(19,20)9-13-16-7-8-21-13/h1-8H,9H2,(H2,15,17,18). The first-order chi connectivity index (χ1) is 11.0. The van der Waals surface area contributed by atoms with Crippen LogP contribution in [0.4, 0.5) is 5.82 Å². The molecule has 0 aliphatic carbocycles. The number of sulfone groups is 1. The van der Waals surface area contributed by atoms with Crippen LogP contribution in [0.15, 0.2) is 68.4 Å². The molecular formula is C14H12N4O3S2. The van der Waals surface area contributed by atoms with Crippen molar-refractivity contribution in [2.75, 3.05) is 5.73 Å². The molecule has 0 fully saturated rings. The number of nitrogens with two attached hydrogens (primary N) is 1. The quantitative estimate of drug-likeness (QED) is 0.698. The normalized spacial score (nSPS) is 11.5. The molecule has 0 unspecified atom stereocenters. The van der Waals surface area contributed by atoms with Crippen molar-refractivity contribution < 1.29 is 12.8 Å². The number of aromatic nitrogens is 3. The van der Waals surface area contributed by atoms with Crippen molar-refractivity contribution in [1.29, 1.82) is 0 Å². The average molecular weight is 348 g/mol. The number of hydrogen-bond donors (Lipinski definition) is 1. The Morgan fingerprint density at radius 2 is 1.87 bits per heavy atom. The van der Waals surface area contributed by atoms with E-state index in [2.05, 4.69) is 15.0 Å². The maximum absolute atomic E-state index is 12.3. The van der Waals surface area contributed by atoms with Gasteiger partial charge in [0.15, 0.2) is 15.0 Å². The predicted molar refractivity (Wildman–Crippen MR) is 84.4 cm³/mol. The van der Waals surface area contributed by atoms with E-state index in [1.807, 2.05) is 0 Å². The van der Waals surface area contributed by atoms with Gasteiger partial charge in [-0.3, -0.25) is 0 Å². The fourth-order valence-corrected chi connectivity index (χ4v) is 3.73. The maximum Gasteiger partial charge on any atom is 0.209 e. The number of hydrogen-bond acceptors (Lipinski definition) is 8. The van der Waals surface area contributed by atoms with E-state index in [0.29, 0.717) is 11.0 Å². The van der Waals surface area contributed by atoms with Crippen LogP contribution in [0.3, 0.4) is 0 Å². The Hall–Kier alpha value is -2.39. The number of anilines is 1. The van der Waals surface area contributed by atoms with Crippen LogP contribution in [0.25, 0.3) is 0 Å². The van der Waals surface area contributed by atoms with Crippen LogP contribution in [-0.2, 0) is 15.6 Å². The van der Waals surface area contributed by atoms with E-state index >= 15 is 0 Å². The molecule has 9 heteroatoms. The summed E-state index contributed by atoms with van der Waals surface area (Å²) in [4.78, 5) is 13.0. The average Bonchev–Trinajstić information content (AvgIpc) is 3.00. The van der Waals surface area contributed by atoms with Crippen molar-refractivity contribution in [3.8, 4) is 0 Å². The summed E-state index contributed by atoms with van der Waals surface area (Å²) in [5.74, 6) is 0.273. The van der Waals surface area contributed by atoms with Gasteiger partial charge in [0, 0.05) is 11.1 Å². The Morgan fingerprint density at radius 3 is 2.52 bits per heavy atom. The second kappa shape index (κ2) is 6.39. The molecule has 0 radical (unpaired) electrons. The maximum atomic E-state index is 12.3. The highest BCUT2D eigenvalue weighted by atomic mass is 32.2. The smallest absolute Gasteiger partial charge is 0.209 e. The van der Waals surface area contributed by atoms with E-state index in [0.717, 1.165) is 4.90 Å². The van der Waals surface area contributed by atoms with Crippen molar-refractivity contribution in [1.82, 2.24) is 15.0 Å². The Bertz CT molecular complexity index is 894. The molecule has 0 atom stereocenters. The van der Waals surface area contributed by atoms with Crippen molar-refractivity contribution in [2.45, 2.75) is 20.7 Å². The minimum atomic E-state index is -3.50. The highest BCUT2D eigenvalue weighted by Crippen LogP contribution is 2.26. The predicted octanol–water partition coefficient (Wildman–Crippen LogP) is 2.17. The Morgan fingerprint density at radius 1 is 1.09 bits per heavy atom. The summed E-state index contributed by atoms with van der Waals surface area (Å²) in [6, 6.07) is 8.06. The topological polar surface area (TPSA) is 112 Å². The van der Waals surface area contributed by atoms with Crippen molar-refractivity contribution >= 4 is 27.4 Å². The highest BCUT2D eigenvalue weighted by Gasteiger charge is 2.18.